The van der Waals surface area contributed by atoms with Crippen LogP contribution in [0.2, 0.25) is 0 Å². The molecule has 3 aromatic rings. The van der Waals surface area contributed by atoms with Crippen LogP contribution in [0.3, 0.4) is 0 Å². The summed E-state index contributed by atoms with van der Waals surface area (Å²) < 4.78 is 20.1. The predicted molar refractivity (Wildman–Crippen MR) is 115 cm³/mol. The normalized spacial score (nSPS) is 15.7. The van der Waals surface area contributed by atoms with Crippen LogP contribution in [0.25, 0.3) is 0 Å². The maximum absolute atomic E-state index is 13.4. The Labute approximate surface area is 178 Å². The molecule has 3 aromatic carbocycles. The molecule has 0 bridgehead atoms. The third-order valence-corrected chi connectivity index (χ3v) is 6.13. The first kappa shape index (κ1) is 19.6. The largest absolute Gasteiger partial charge is 0.444 e. The second kappa shape index (κ2) is 8.37. The number of amides is 1. The Morgan fingerprint density at radius 2 is 1.86 bits per heavy atom. The number of benzene rings is 3. The van der Waals surface area contributed by atoms with Crippen molar-refractivity contribution in [2.24, 2.45) is 0 Å². The van der Waals surface area contributed by atoms with Gasteiger partial charge in [0.15, 0.2) is 0 Å². The molecule has 4 rings (SSSR count). The summed E-state index contributed by atoms with van der Waals surface area (Å²) in [5, 5.41) is 0. The Kier molecular flexibility index (Phi) is 5.67. The summed E-state index contributed by atoms with van der Waals surface area (Å²) in [5.41, 5.74) is 4.90. The lowest BCUT2D eigenvalue weighted by Crippen LogP contribution is -2.39. The summed E-state index contributed by atoms with van der Waals surface area (Å²) >= 11 is 3.58. The molecule has 0 saturated heterocycles. The second-order valence-electron chi connectivity index (χ2n) is 7.25. The number of halogens is 2. The summed E-state index contributed by atoms with van der Waals surface area (Å²) in [7, 11) is 0. The van der Waals surface area contributed by atoms with Gasteiger partial charge in [0.25, 0.3) is 0 Å². The van der Waals surface area contributed by atoms with Gasteiger partial charge >= 0.3 is 6.09 Å². The van der Waals surface area contributed by atoms with Crippen molar-refractivity contribution in [3.63, 3.8) is 0 Å². The van der Waals surface area contributed by atoms with Gasteiger partial charge in [-0.15, -0.1) is 0 Å². The minimum atomic E-state index is -0.403. The number of fused-ring (bicyclic) bond motifs is 1. The minimum absolute atomic E-state index is 0.203. The molecule has 1 unspecified atom stereocenters. The van der Waals surface area contributed by atoms with Crippen LogP contribution < -0.4 is 4.90 Å². The highest BCUT2D eigenvalue weighted by Crippen LogP contribution is 2.41. The molecule has 0 aromatic heterocycles. The number of carbonyl (C=O) groups excluding carboxylic acids is 1. The average Bonchev–Trinajstić information content (AvgIpc) is 2.73. The molecule has 148 valence electrons. The Hall–Kier alpha value is -2.66. The Balaban J connectivity index is 1.68. The van der Waals surface area contributed by atoms with Crippen molar-refractivity contribution in [1.82, 2.24) is 0 Å². The van der Waals surface area contributed by atoms with Crippen molar-refractivity contribution >= 4 is 27.7 Å². The summed E-state index contributed by atoms with van der Waals surface area (Å²) in [6, 6.07) is 19.8. The summed E-state index contributed by atoms with van der Waals surface area (Å²) in [6.45, 7) is 2.24. The number of ether oxygens (including phenoxy) is 1. The fraction of sp³-hybridized carbons (Fsp3) is 0.208. The Bertz CT molecular complexity index is 1020. The van der Waals surface area contributed by atoms with Gasteiger partial charge in [0, 0.05) is 4.47 Å². The lowest BCUT2D eigenvalue weighted by Gasteiger charge is -2.37. The van der Waals surface area contributed by atoms with E-state index in [9.17, 15) is 9.18 Å². The number of aryl methyl sites for hydroxylation is 2. The molecule has 1 aliphatic rings. The van der Waals surface area contributed by atoms with Gasteiger partial charge in [-0.3, -0.25) is 4.90 Å². The second-order valence-corrected chi connectivity index (χ2v) is 8.10. The summed E-state index contributed by atoms with van der Waals surface area (Å²) in [6.07, 6.45) is 1.19. The molecule has 3 nitrogen and oxygen atoms in total. The molecule has 0 spiro atoms. The molecule has 0 saturated carbocycles. The van der Waals surface area contributed by atoms with Crippen molar-refractivity contribution in [3.05, 3.63) is 99.3 Å². The van der Waals surface area contributed by atoms with Gasteiger partial charge in [0.05, 0.1) is 11.7 Å². The highest BCUT2D eigenvalue weighted by Gasteiger charge is 2.33. The fourth-order valence-corrected chi connectivity index (χ4v) is 4.09. The molecular weight excluding hydrogens is 433 g/mol. The molecule has 1 amide bonds. The van der Waals surface area contributed by atoms with Gasteiger partial charge in [0.2, 0.25) is 0 Å². The lowest BCUT2D eigenvalue weighted by molar-refractivity contribution is 0.143. The lowest BCUT2D eigenvalue weighted by atomic mass is 9.91. The van der Waals surface area contributed by atoms with Gasteiger partial charge < -0.3 is 4.74 Å². The van der Waals surface area contributed by atoms with Crippen LogP contribution >= 0.6 is 15.9 Å². The third-order valence-electron chi connectivity index (χ3n) is 5.27. The monoisotopic (exact) mass is 453 g/mol. The zero-order valence-electron chi connectivity index (χ0n) is 16.1. The predicted octanol–water partition coefficient (Wildman–Crippen LogP) is 6.73. The Morgan fingerprint density at radius 3 is 2.59 bits per heavy atom. The maximum Gasteiger partial charge on any atom is 0.415 e. The van der Waals surface area contributed by atoms with Gasteiger partial charge in [-0.2, -0.15) is 0 Å². The van der Waals surface area contributed by atoms with Crippen LogP contribution in [0.4, 0.5) is 14.9 Å². The molecule has 1 heterocycles. The minimum Gasteiger partial charge on any atom is -0.444 e. The fourth-order valence-electron chi connectivity index (χ4n) is 3.76. The third kappa shape index (κ3) is 4.20. The van der Waals surface area contributed by atoms with Gasteiger partial charge in [0.1, 0.15) is 12.4 Å². The summed E-state index contributed by atoms with van der Waals surface area (Å²) in [5.74, 6) is -0.290. The quantitative estimate of drug-likeness (QED) is 0.439. The van der Waals surface area contributed by atoms with Crippen molar-refractivity contribution in [2.75, 3.05) is 4.90 Å². The van der Waals surface area contributed by atoms with Crippen LogP contribution in [0.1, 0.15) is 34.7 Å². The first-order chi connectivity index (χ1) is 14.0. The van der Waals surface area contributed by atoms with Crippen LogP contribution in [0.5, 0.6) is 0 Å². The molecular formula is C24H21BrFNO2. The van der Waals surface area contributed by atoms with E-state index in [-0.39, 0.29) is 18.5 Å². The van der Waals surface area contributed by atoms with Crippen LogP contribution in [0, 0.1) is 12.7 Å². The molecule has 0 radical (unpaired) electrons. The highest BCUT2D eigenvalue weighted by atomic mass is 79.9. The van der Waals surface area contributed by atoms with E-state index >= 15 is 0 Å². The topological polar surface area (TPSA) is 29.5 Å². The van der Waals surface area contributed by atoms with Crippen LogP contribution in [-0.2, 0) is 17.8 Å². The van der Waals surface area contributed by atoms with E-state index < -0.39 is 6.09 Å². The van der Waals surface area contributed by atoms with E-state index in [1.54, 1.807) is 17.0 Å². The van der Waals surface area contributed by atoms with Gasteiger partial charge in [-0.25, -0.2) is 9.18 Å². The van der Waals surface area contributed by atoms with E-state index in [1.165, 1.54) is 12.1 Å². The standard InChI is InChI=1S/C24H21BrFNO2/c1-16-13-19-9-12-22(18-7-10-20(26)11-8-18)27(23(19)14-21(16)25)24(28)29-15-17-5-3-2-4-6-17/h2-8,10-11,13-14,22H,9,12,15H2,1H3. The zero-order chi connectivity index (χ0) is 20.4. The number of rotatable bonds is 3. The van der Waals surface area contributed by atoms with Crippen LogP contribution in [0.15, 0.2) is 71.2 Å². The average molecular weight is 454 g/mol. The Morgan fingerprint density at radius 1 is 1.14 bits per heavy atom. The number of hydrogen-bond donors (Lipinski definition) is 0. The molecule has 1 aliphatic heterocycles. The first-order valence-electron chi connectivity index (χ1n) is 9.57. The number of nitrogens with zero attached hydrogens (tertiary/aromatic N) is 1. The number of carbonyl (C=O) groups is 1. The van der Waals surface area contributed by atoms with E-state index in [2.05, 4.69) is 22.0 Å². The summed E-state index contributed by atoms with van der Waals surface area (Å²) in [4.78, 5) is 14.9. The number of hydrogen-bond acceptors (Lipinski definition) is 2. The molecule has 5 heteroatoms. The maximum atomic E-state index is 13.4. The van der Waals surface area contributed by atoms with E-state index in [0.29, 0.717) is 0 Å². The van der Waals surface area contributed by atoms with Crippen molar-refractivity contribution < 1.29 is 13.9 Å². The van der Waals surface area contributed by atoms with Gasteiger partial charge in [-0.05, 0) is 60.2 Å². The number of anilines is 1. The van der Waals surface area contributed by atoms with Crippen molar-refractivity contribution in [3.8, 4) is 0 Å². The van der Waals surface area contributed by atoms with E-state index in [1.807, 2.05) is 43.3 Å². The molecule has 0 N–H and O–H groups in total. The zero-order valence-corrected chi connectivity index (χ0v) is 17.7. The smallest absolute Gasteiger partial charge is 0.415 e. The van der Waals surface area contributed by atoms with E-state index in [0.717, 1.165) is 45.3 Å². The van der Waals surface area contributed by atoms with Crippen LogP contribution in [-0.4, -0.2) is 6.09 Å². The van der Waals surface area contributed by atoms with Crippen molar-refractivity contribution in [1.29, 1.82) is 0 Å². The van der Waals surface area contributed by atoms with Gasteiger partial charge in [-0.1, -0.05) is 64.5 Å². The van der Waals surface area contributed by atoms with Crippen molar-refractivity contribution in [2.45, 2.75) is 32.4 Å². The molecule has 1 atom stereocenters. The molecule has 0 fully saturated rings. The highest BCUT2D eigenvalue weighted by molar-refractivity contribution is 9.10. The molecule has 29 heavy (non-hydrogen) atoms. The molecule has 0 aliphatic carbocycles. The first-order valence-corrected chi connectivity index (χ1v) is 10.4. The SMILES string of the molecule is Cc1cc2c(cc1Br)N(C(=O)OCc1ccccc1)C(c1ccc(F)cc1)CC2. The van der Waals surface area contributed by atoms with E-state index in [4.69, 9.17) is 4.74 Å².